The normalized spacial score (nSPS) is 13.5. The largest absolute Gasteiger partial charge is 0.497 e. The number of amides is 1. The van der Waals surface area contributed by atoms with Crippen molar-refractivity contribution in [3.05, 3.63) is 89.1 Å². The van der Waals surface area contributed by atoms with Crippen molar-refractivity contribution in [3.8, 4) is 16.9 Å². The Morgan fingerprint density at radius 3 is 2.71 bits per heavy atom. The van der Waals surface area contributed by atoms with E-state index >= 15 is 0 Å². The number of alkyl halides is 3. The molecule has 0 fully saturated rings. The first-order chi connectivity index (χ1) is 19.7. The van der Waals surface area contributed by atoms with Crippen LogP contribution in [0.4, 0.5) is 19.1 Å². The Hall–Kier alpha value is -4.94. The van der Waals surface area contributed by atoms with E-state index in [4.69, 9.17) is 4.74 Å². The lowest BCUT2D eigenvalue weighted by Gasteiger charge is -2.30. The number of rotatable bonds is 7. The number of hydrogen-bond donors (Lipinski definition) is 1. The molecule has 1 aromatic carbocycles. The summed E-state index contributed by atoms with van der Waals surface area (Å²) in [6.07, 6.45) is 0.456. The third-order valence-corrected chi connectivity index (χ3v) is 6.99. The predicted octanol–water partition coefficient (Wildman–Crippen LogP) is 4.36. The zero-order chi connectivity index (χ0) is 28.7. The summed E-state index contributed by atoms with van der Waals surface area (Å²) in [4.78, 5) is 19.8. The van der Waals surface area contributed by atoms with Gasteiger partial charge in [-0.05, 0) is 53.4 Å². The molecule has 13 heteroatoms. The molecule has 1 aliphatic rings. The van der Waals surface area contributed by atoms with Crippen molar-refractivity contribution in [2.75, 3.05) is 19.0 Å². The van der Waals surface area contributed by atoms with Gasteiger partial charge < -0.3 is 15.0 Å². The molecule has 4 aromatic heterocycles. The molecule has 0 saturated heterocycles. The average Bonchev–Trinajstić information content (AvgIpc) is 3.57. The van der Waals surface area contributed by atoms with Crippen LogP contribution in [-0.2, 0) is 32.7 Å². The molecule has 0 bridgehead atoms. The maximum absolute atomic E-state index is 14.0. The van der Waals surface area contributed by atoms with Gasteiger partial charge in [0, 0.05) is 55.9 Å². The van der Waals surface area contributed by atoms with E-state index in [1.807, 2.05) is 12.1 Å². The van der Waals surface area contributed by atoms with Crippen molar-refractivity contribution in [3.63, 3.8) is 0 Å². The molecule has 0 spiro atoms. The number of anilines is 1. The number of nitrogens with one attached hydrogen (secondary N) is 1. The highest BCUT2D eigenvalue weighted by Crippen LogP contribution is 2.40. The third kappa shape index (κ3) is 5.06. The lowest BCUT2D eigenvalue weighted by Crippen LogP contribution is -2.37. The summed E-state index contributed by atoms with van der Waals surface area (Å²) in [5.41, 5.74) is 2.06. The minimum Gasteiger partial charge on any atom is -0.497 e. The first-order valence-electron chi connectivity index (χ1n) is 12.8. The van der Waals surface area contributed by atoms with Crippen molar-refractivity contribution < 1.29 is 22.7 Å². The van der Waals surface area contributed by atoms with Crippen LogP contribution in [0.2, 0.25) is 0 Å². The fourth-order valence-electron chi connectivity index (χ4n) is 5.11. The van der Waals surface area contributed by atoms with E-state index in [0.717, 1.165) is 4.68 Å². The van der Waals surface area contributed by atoms with E-state index in [1.54, 1.807) is 59.1 Å². The van der Waals surface area contributed by atoms with E-state index < -0.39 is 11.9 Å². The zero-order valence-electron chi connectivity index (χ0n) is 22.2. The summed E-state index contributed by atoms with van der Waals surface area (Å²) in [6.45, 7) is 0.755. The fraction of sp³-hybridized carbons (Fsp3) is 0.250. The maximum Gasteiger partial charge on any atom is 0.435 e. The van der Waals surface area contributed by atoms with Gasteiger partial charge in [-0.1, -0.05) is 6.07 Å². The first kappa shape index (κ1) is 26.3. The molecular formula is C28H25F3N8O2. The van der Waals surface area contributed by atoms with Gasteiger partial charge in [0.15, 0.2) is 11.3 Å². The number of aromatic nitrogens is 6. The number of halogens is 3. The molecule has 210 valence electrons. The van der Waals surface area contributed by atoms with Crippen LogP contribution in [-0.4, -0.2) is 53.8 Å². The van der Waals surface area contributed by atoms with E-state index in [9.17, 15) is 18.0 Å². The smallest absolute Gasteiger partial charge is 0.435 e. The lowest BCUT2D eigenvalue weighted by atomic mass is 9.88. The Morgan fingerprint density at radius 2 is 1.90 bits per heavy atom. The standard InChI is InChI=1S/C28H25F3N8O2/c1-37-16-23(25(36-37)28(29,30)31)21-11-17(14-33-27-35-34-24-5-3-4-9-39(24)27)12-22-20(21)7-10-38(26(22)40)15-18-13-19(41-2)6-8-32-18/h3-6,8-9,11-13,16H,7,10,14-15H2,1-2H3,(H,33,35). The van der Waals surface area contributed by atoms with Crippen LogP contribution in [0.5, 0.6) is 5.75 Å². The Morgan fingerprint density at radius 1 is 1.07 bits per heavy atom. The van der Waals surface area contributed by atoms with Crippen molar-refractivity contribution in [1.82, 2.24) is 34.3 Å². The number of aryl methyl sites for hydroxylation is 1. The number of carbonyl (C=O) groups is 1. The van der Waals surface area contributed by atoms with Crippen LogP contribution in [0.15, 0.2) is 61.1 Å². The zero-order valence-corrected chi connectivity index (χ0v) is 22.2. The number of methoxy groups -OCH3 is 1. The molecule has 1 amide bonds. The highest BCUT2D eigenvalue weighted by molar-refractivity contribution is 5.99. The number of nitrogens with zero attached hydrogens (tertiary/aromatic N) is 7. The second-order valence-electron chi connectivity index (χ2n) is 9.70. The Labute approximate surface area is 232 Å². The van der Waals surface area contributed by atoms with E-state index in [0.29, 0.717) is 58.3 Å². The van der Waals surface area contributed by atoms with E-state index in [-0.39, 0.29) is 24.6 Å². The van der Waals surface area contributed by atoms with Gasteiger partial charge >= 0.3 is 6.18 Å². The van der Waals surface area contributed by atoms with Gasteiger partial charge in [0.2, 0.25) is 5.95 Å². The Bertz CT molecular complexity index is 1760. The highest BCUT2D eigenvalue weighted by Gasteiger charge is 2.39. The van der Waals surface area contributed by atoms with E-state index in [1.165, 1.54) is 13.2 Å². The van der Waals surface area contributed by atoms with Crippen LogP contribution in [0.25, 0.3) is 16.8 Å². The summed E-state index contributed by atoms with van der Waals surface area (Å²) in [6, 6.07) is 12.4. The van der Waals surface area contributed by atoms with Gasteiger partial charge in [0.1, 0.15) is 5.75 Å². The summed E-state index contributed by atoms with van der Waals surface area (Å²) in [5, 5.41) is 15.2. The van der Waals surface area contributed by atoms with Crippen molar-refractivity contribution >= 4 is 17.5 Å². The Kier molecular flexibility index (Phi) is 6.56. The molecular weight excluding hydrogens is 537 g/mol. The van der Waals surface area contributed by atoms with Crippen LogP contribution in [0.1, 0.15) is 32.9 Å². The maximum atomic E-state index is 14.0. The molecule has 1 N–H and O–H groups in total. The highest BCUT2D eigenvalue weighted by atomic mass is 19.4. The minimum atomic E-state index is -4.67. The molecule has 0 aliphatic carbocycles. The minimum absolute atomic E-state index is 0.0678. The van der Waals surface area contributed by atoms with E-state index in [2.05, 4.69) is 25.6 Å². The SMILES string of the molecule is COc1ccnc(CN2CCc3c(cc(CNc4nnc5ccccn45)cc3-c3cn(C)nc3C(F)(F)F)C2=O)c1. The molecule has 0 radical (unpaired) electrons. The second kappa shape index (κ2) is 10.2. The predicted molar refractivity (Wildman–Crippen MR) is 143 cm³/mol. The van der Waals surface area contributed by atoms with Crippen LogP contribution < -0.4 is 10.1 Å². The third-order valence-electron chi connectivity index (χ3n) is 6.99. The molecule has 10 nitrogen and oxygen atoms in total. The summed E-state index contributed by atoms with van der Waals surface area (Å²) in [7, 11) is 3.00. The number of carbonyl (C=O) groups excluding carboxylic acids is 1. The summed E-state index contributed by atoms with van der Waals surface area (Å²) < 4.78 is 50.2. The molecule has 0 atom stereocenters. The van der Waals surface area contributed by atoms with Crippen LogP contribution in [0, 0.1) is 0 Å². The second-order valence-corrected chi connectivity index (χ2v) is 9.70. The van der Waals surface area contributed by atoms with Gasteiger partial charge in [0.05, 0.1) is 19.3 Å². The van der Waals surface area contributed by atoms with Crippen molar-refractivity contribution in [2.24, 2.45) is 7.05 Å². The molecule has 0 saturated carbocycles. The molecule has 5 aromatic rings. The Balaban J connectivity index is 1.40. The van der Waals surface area contributed by atoms with Gasteiger partial charge in [-0.25, -0.2) is 0 Å². The molecule has 41 heavy (non-hydrogen) atoms. The quantitative estimate of drug-likeness (QED) is 0.315. The number of ether oxygens (including phenoxy) is 1. The van der Waals surface area contributed by atoms with Crippen LogP contribution in [0.3, 0.4) is 0 Å². The van der Waals surface area contributed by atoms with Crippen molar-refractivity contribution in [2.45, 2.75) is 25.7 Å². The van der Waals surface area contributed by atoms with Gasteiger partial charge in [-0.2, -0.15) is 18.3 Å². The summed E-state index contributed by atoms with van der Waals surface area (Å²) >= 11 is 0. The van der Waals surface area contributed by atoms with Crippen LogP contribution >= 0.6 is 0 Å². The topological polar surface area (TPSA) is 102 Å². The lowest BCUT2D eigenvalue weighted by molar-refractivity contribution is -0.140. The van der Waals surface area contributed by atoms with Crippen molar-refractivity contribution in [1.29, 1.82) is 0 Å². The fourth-order valence-corrected chi connectivity index (χ4v) is 5.11. The molecule has 0 unspecified atom stereocenters. The molecule has 1 aliphatic heterocycles. The van der Waals surface area contributed by atoms with Gasteiger partial charge in [-0.15, -0.1) is 10.2 Å². The number of pyridine rings is 2. The summed E-state index contributed by atoms with van der Waals surface area (Å²) in [5.74, 6) is 0.798. The molecule has 5 heterocycles. The number of benzene rings is 1. The monoisotopic (exact) mass is 562 g/mol. The van der Waals surface area contributed by atoms with Gasteiger partial charge in [-0.3, -0.25) is 18.9 Å². The number of hydrogen-bond acceptors (Lipinski definition) is 7. The number of fused-ring (bicyclic) bond motifs is 2. The van der Waals surface area contributed by atoms with Gasteiger partial charge in [0.25, 0.3) is 5.91 Å². The average molecular weight is 563 g/mol. The first-order valence-corrected chi connectivity index (χ1v) is 12.8. The molecule has 6 rings (SSSR count).